The summed E-state index contributed by atoms with van der Waals surface area (Å²) in [5, 5.41) is 3.15. The number of nitrogens with two attached hydrogens (primary N) is 1. The summed E-state index contributed by atoms with van der Waals surface area (Å²) in [4.78, 5) is 0. The first-order chi connectivity index (χ1) is 8.06. The van der Waals surface area contributed by atoms with Crippen LogP contribution in [0.5, 0.6) is 0 Å². The summed E-state index contributed by atoms with van der Waals surface area (Å²) in [6.45, 7) is 0. The summed E-state index contributed by atoms with van der Waals surface area (Å²) in [7, 11) is 0. The van der Waals surface area contributed by atoms with Crippen LogP contribution in [0.15, 0.2) is 40.9 Å². The molecule has 0 saturated carbocycles. The number of anilines is 3. The van der Waals surface area contributed by atoms with Crippen molar-refractivity contribution in [2.75, 3.05) is 11.1 Å². The monoisotopic (exact) mass is 314 g/mol. The standard InChI is InChI=1S/C12H9BrClFN2/c13-7-1-4-12(11(16)5-7)17-8-2-3-10(15)9(14)6-8/h1-6,17H,16H2. The van der Waals surface area contributed by atoms with E-state index in [1.165, 1.54) is 12.1 Å². The highest BCUT2D eigenvalue weighted by Crippen LogP contribution is 2.28. The van der Waals surface area contributed by atoms with Gasteiger partial charge in [0.15, 0.2) is 0 Å². The van der Waals surface area contributed by atoms with Gasteiger partial charge in [-0.1, -0.05) is 27.5 Å². The average Bonchev–Trinajstić information content (AvgIpc) is 2.27. The smallest absolute Gasteiger partial charge is 0.141 e. The van der Waals surface area contributed by atoms with Gasteiger partial charge in [0.1, 0.15) is 5.82 Å². The SMILES string of the molecule is Nc1cc(Br)ccc1Nc1ccc(F)c(Cl)c1. The zero-order valence-corrected chi connectivity index (χ0v) is 11.0. The topological polar surface area (TPSA) is 38.0 Å². The lowest BCUT2D eigenvalue weighted by Gasteiger charge is -2.10. The lowest BCUT2D eigenvalue weighted by Crippen LogP contribution is -1.96. The van der Waals surface area contributed by atoms with Gasteiger partial charge in [0.05, 0.1) is 16.4 Å². The second kappa shape index (κ2) is 4.94. The highest BCUT2D eigenvalue weighted by Gasteiger charge is 2.03. The van der Waals surface area contributed by atoms with E-state index in [9.17, 15) is 4.39 Å². The molecule has 88 valence electrons. The molecule has 0 radical (unpaired) electrons. The molecule has 2 nitrogen and oxygen atoms in total. The molecule has 0 saturated heterocycles. The Balaban J connectivity index is 2.28. The third-order valence-electron chi connectivity index (χ3n) is 2.21. The van der Waals surface area contributed by atoms with Crippen molar-refractivity contribution in [2.45, 2.75) is 0 Å². The Kier molecular flexibility index (Phi) is 3.54. The van der Waals surface area contributed by atoms with E-state index in [-0.39, 0.29) is 5.02 Å². The molecule has 0 aliphatic rings. The maximum atomic E-state index is 13.0. The minimum Gasteiger partial charge on any atom is -0.397 e. The van der Waals surface area contributed by atoms with E-state index in [0.29, 0.717) is 11.4 Å². The molecule has 2 aromatic rings. The van der Waals surface area contributed by atoms with Crippen molar-refractivity contribution in [1.29, 1.82) is 0 Å². The summed E-state index contributed by atoms with van der Waals surface area (Å²) in [5.41, 5.74) is 7.87. The van der Waals surface area contributed by atoms with E-state index in [2.05, 4.69) is 21.2 Å². The van der Waals surface area contributed by atoms with E-state index in [0.717, 1.165) is 10.2 Å². The van der Waals surface area contributed by atoms with Gasteiger partial charge in [-0.05, 0) is 36.4 Å². The van der Waals surface area contributed by atoms with Gasteiger partial charge in [-0.3, -0.25) is 0 Å². The predicted octanol–water partition coefficient (Wildman–Crippen LogP) is 4.57. The van der Waals surface area contributed by atoms with E-state index < -0.39 is 5.82 Å². The van der Waals surface area contributed by atoms with Crippen molar-refractivity contribution in [1.82, 2.24) is 0 Å². The van der Waals surface area contributed by atoms with Crippen LogP contribution in [0.3, 0.4) is 0 Å². The van der Waals surface area contributed by atoms with Crippen LogP contribution in [0.4, 0.5) is 21.5 Å². The van der Waals surface area contributed by atoms with Crippen LogP contribution in [-0.2, 0) is 0 Å². The van der Waals surface area contributed by atoms with Crippen LogP contribution in [0.2, 0.25) is 5.02 Å². The molecule has 0 aliphatic heterocycles. The van der Waals surface area contributed by atoms with Crippen molar-refractivity contribution in [2.24, 2.45) is 0 Å². The fraction of sp³-hybridized carbons (Fsp3) is 0. The first kappa shape index (κ1) is 12.2. The Morgan fingerprint density at radius 3 is 2.59 bits per heavy atom. The lowest BCUT2D eigenvalue weighted by molar-refractivity contribution is 0.628. The van der Waals surface area contributed by atoms with Crippen LogP contribution in [0.25, 0.3) is 0 Å². The molecule has 0 unspecified atom stereocenters. The maximum absolute atomic E-state index is 13.0. The highest BCUT2D eigenvalue weighted by molar-refractivity contribution is 9.10. The Morgan fingerprint density at radius 2 is 1.94 bits per heavy atom. The molecule has 0 aromatic heterocycles. The summed E-state index contributed by atoms with van der Waals surface area (Å²) < 4.78 is 13.9. The third-order valence-corrected chi connectivity index (χ3v) is 3.00. The summed E-state index contributed by atoms with van der Waals surface area (Å²) >= 11 is 9.02. The number of hydrogen-bond acceptors (Lipinski definition) is 2. The van der Waals surface area contributed by atoms with Gasteiger partial charge in [0.25, 0.3) is 0 Å². The Morgan fingerprint density at radius 1 is 1.18 bits per heavy atom. The van der Waals surface area contributed by atoms with Gasteiger partial charge in [0.2, 0.25) is 0 Å². The van der Waals surface area contributed by atoms with Crippen molar-refractivity contribution in [3.63, 3.8) is 0 Å². The minimum atomic E-state index is -0.444. The number of benzene rings is 2. The lowest BCUT2D eigenvalue weighted by atomic mass is 10.2. The van der Waals surface area contributed by atoms with Crippen molar-refractivity contribution >= 4 is 44.6 Å². The molecule has 0 atom stereocenters. The fourth-order valence-corrected chi connectivity index (χ4v) is 1.94. The summed E-state index contributed by atoms with van der Waals surface area (Å²) in [6.07, 6.45) is 0. The van der Waals surface area contributed by atoms with Gasteiger partial charge in [-0.25, -0.2) is 4.39 Å². The van der Waals surface area contributed by atoms with Crippen LogP contribution >= 0.6 is 27.5 Å². The number of hydrogen-bond donors (Lipinski definition) is 2. The molecule has 17 heavy (non-hydrogen) atoms. The number of nitrogen functional groups attached to an aromatic ring is 1. The first-order valence-corrected chi connectivity index (χ1v) is 6.00. The highest BCUT2D eigenvalue weighted by atomic mass is 79.9. The molecular formula is C12H9BrClFN2. The quantitative estimate of drug-likeness (QED) is 0.797. The molecule has 2 aromatic carbocycles. The minimum absolute atomic E-state index is 0.0747. The van der Waals surface area contributed by atoms with Gasteiger partial charge < -0.3 is 11.1 Å². The normalized spacial score (nSPS) is 10.3. The summed E-state index contributed by atoms with van der Waals surface area (Å²) in [6, 6.07) is 9.90. The van der Waals surface area contributed by atoms with Gasteiger partial charge >= 0.3 is 0 Å². The van der Waals surface area contributed by atoms with Gasteiger partial charge in [-0.15, -0.1) is 0 Å². The number of rotatable bonds is 2. The summed E-state index contributed by atoms with van der Waals surface area (Å²) in [5.74, 6) is -0.444. The van der Waals surface area contributed by atoms with Crippen LogP contribution in [0.1, 0.15) is 0 Å². The Hall–Kier alpha value is -1.26. The van der Waals surface area contributed by atoms with Crippen molar-refractivity contribution in [3.8, 4) is 0 Å². The molecular weight excluding hydrogens is 307 g/mol. The Labute approximate surface area is 112 Å². The zero-order valence-electron chi connectivity index (χ0n) is 8.68. The predicted molar refractivity (Wildman–Crippen MR) is 73.2 cm³/mol. The molecule has 3 N–H and O–H groups in total. The molecule has 0 heterocycles. The largest absolute Gasteiger partial charge is 0.397 e. The molecule has 2 rings (SSSR count). The van der Waals surface area contributed by atoms with E-state index in [1.807, 2.05) is 12.1 Å². The first-order valence-electron chi connectivity index (χ1n) is 4.83. The molecule has 0 bridgehead atoms. The van der Waals surface area contributed by atoms with Crippen LogP contribution in [-0.4, -0.2) is 0 Å². The zero-order chi connectivity index (χ0) is 12.4. The van der Waals surface area contributed by atoms with Crippen LogP contribution in [0, 0.1) is 5.82 Å². The molecule has 0 spiro atoms. The third kappa shape index (κ3) is 2.90. The second-order valence-electron chi connectivity index (χ2n) is 3.49. The average molecular weight is 316 g/mol. The fourth-order valence-electron chi connectivity index (χ4n) is 1.38. The molecule has 0 fully saturated rings. The van der Waals surface area contributed by atoms with E-state index >= 15 is 0 Å². The molecule has 0 aliphatic carbocycles. The second-order valence-corrected chi connectivity index (χ2v) is 4.81. The van der Waals surface area contributed by atoms with Gasteiger partial charge in [0, 0.05) is 10.2 Å². The van der Waals surface area contributed by atoms with Crippen molar-refractivity contribution in [3.05, 3.63) is 51.7 Å². The Bertz CT molecular complexity index is 560. The number of nitrogens with one attached hydrogen (secondary N) is 1. The van der Waals surface area contributed by atoms with Gasteiger partial charge in [-0.2, -0.15) is 0 Å². The van der Waals surface area contributed by atoms with Crippen LogP contribution < -0.4 is 11.1 Å². The van der Waals surface area contributed by atoms with E-state index in [1.54, 1.807) is 12.1 Å². The van der Waals surface area contributed by atoms with E-state index in [4.69, 9.17) is 17.3 Å². The molecule has 0 amide bonds. The number of halogens is 3. The molecule has 5 heteroatoms. The van der Waals surface area contributed by atoms with Crippen molar-refractivity contribution < 1.29 is 4.39 Å². The maximum Gasteiger partial charge on any atom is 0.141 e.